The van der Waals surface area contributed by atoms with Gasteiger partial charge in [-0.05, 0) is 33.6 Å². The van der Waals surface area contributed by atoms with Crippen LogP contribution in [-0.4, -0.2) is 29.1 Å². The zero-order valence-electron chi connectivity index (χ0n) is 9.20. The van der Waals surface area contributed by atoms with Crippen LogP contribution in [0, 0.1) is 0 Å². The Labute approximate surface area is 114 Å². The first-order valence-electron chi connectivity index (χ1n) is 5.02. The molecule has 0 aliphatic carbocycles. The molecule has 0 spiro atoms. The minimum Gasteiger partial charge on any atom is -0.480 e. The summed E-state index contributed by atoms with van der Waals surface area (Å²) >= 11 is 9.29. The zero-order chi connectivity index (χ0) is 12.8. The molecule has 0 amide bonds. The van der Waals surface area contributed by atoms with Gasteiger partial charge in [0.25, 0.3) is 0 Å². The van der Waals surface area contributed by atoms with E-state index in [9.17, 15) is 4.79 Å². The van der Waals surface area contributed by atoms with E-state index in [4.69, 9.17) is 16.7 Å². The number of nitrogens with zero attached hydrogens (tertiary/aromatic N) is 1. The van der Waals surface area contributed by atoms with Gasteiger partial charge in [0.05, 0.1) is 11.6 Å². The zero-order valence-corrected chi connectivity index (χ0v) is 11.5. The fraction of sp³-hybridized carbons (Fsp3) is 0.250. The van der Waals surface area contributed by atoms with Gasteiger partial charge in [-0.15, -0.1) is 6.58 Å². The Morgan fingerprint density at radius 3 is 2.82 bits per heavy atom. The molecule has 92 valence electrons. The van der Waals surface area contributed by atoms with Crippen molar-refractivity contribution in [3.05, 3.63) is 45.9 Å². The third kappa shape index (κ3) is 4.89. The molecule has 0 bridgehead atoms. The highest BCUT2D eigenvalue weighted by atomic mass is 79.9. The van der Waals surface area contributed by atoms with E-state index in [1.807, 2.05) is 18.2 Å². The summed E-state index contributed by atoms with van der Waals surface area (Å²) in [5, 5.41) is 9.40. The first kappa shape index (κ1) is 14.2. The van der Waals surface area contributed by atoms with Crippen LogP contribution in [-0.2, 0) is 11.3 Å². The molecule has 0 heterocycles. The van der Waals surface area contributed by atoms with E-state index in [-0.39, 0.29) is 6.54 Å². The largest absolute Gasteiger partial charge is 0.480 e. The second-order valence-electron chi connectivity index (χ2n) is 3.60. The maximum atomic E-state index is 10.7. The van der Waals surface area contributed by atoms with Gasteiger partial charge in [0, 0.05) is 17.6 Å². The fourth-order valence-corrected chi connectivity index (χ4v) is 1.90. The van der Waals surface area contributed by atoms with Crippen molar-refractivity contribution in [1.29, 1.82) is 0 Å². The molecule has 0 aliphatic rings. The number of benzene rings is 1. The third-order valence-corrected chi connectivity index (χ3v) is 3.37. The maximum absolute atomic E-state index is 10.7. The molecule has 0 radical (unpaired) electrons. The number of carbonyl (C=O) groups is 1. The Morgan fingerprint density at radius 1 is 1.59 bits per heavy atom. The molecule has 3 nitrogen and oxygen atoms in total. The predicted molar refractivity (Wildman–Crippen MR) is 72.3 cm³/mol. The third-order valence-electron chi connectivity index (χ3n) is 2.14. The van der Waals surface area contributed by atoms with E-state index < -0.39 is 5.97 Å². The molecule has 0 fully saturated rings. The van der Waals surface area contributed by atoms with Crippen molar-refractivity contribution in [3.8, 4) is 0 Å². The van der Waals surface area contributed by atoms with Gasteiger partial charge in [0.1, 0.15) is 0 Å². The molecule has 0 atom stereocenters. The van der Waals surface area contributed by atoms with Crippen LogP contribution in [0.3, 0.4) is 0 Å². The summed E-state index contributed by atoms with van der Waals surface area (Å²) in [6.45, 7) is 4.66. The van der Waals surface area contributed by atoms with Crippen LogP contribution in [0.15, 0.2) is 35.3 Å². The van der Waals surface area contributed by atoms with Crippen molar-refractivity contribution in [3.63, 3.8) is 0 Å². The number of hydrogen-bond acceptors (Lipinski definition) is 2. The van der Waals surface area contributed by atoms with Gasteiger partial charge in [-0.25, -0.2) is 0 Å². The molecule has 5 heteroatoms. The molecule has 0 saturated heterocycles. The number of hydrogen-bond donors (Lipinski definition) is 1. The van der Waals surface area contributed by atoms with Gasteiger partial charge >= 0.3 is 5.97 Å². The van der Waals surface area contributed by atoms with Crippen molar-refractivity contribution in [2.45, 2.75) is 6.54 Å². The number of carboxylic acids is 1. The van der Waals surface area contributed by atoms with Crippen molar-refractivity contribution in [2.24, 2.45) is 0 Å². The standard InChI is InChI=1S/C12H13BrClNO2/c1-2-5-15(8-12(16)17)7-9-3-4-10(13)11(14)6-9/h2-4,6H,1,5,7-8H2,(H,16,17). The van der Waals surface area contributed by atoms with Crippen molar-refractivity contribution >= 4 is 33.5 Å². The Balaban J connectivity index is 2.74. The first-order chi connectivity index (χ1) is 8.02. The molecule has 1 N–H and O–H groups in total. The van der Waals surface area contributed by atoms with Crippen LogP contribution >= 0.6 is 27.5 Å². The molecular weight excluding hydrogens is 305 g/mol. The Kier molecular flexibility index (Phi) is 5.68. The first-order valence-corrected chi connectivity index (χ1v) is 6.19. The summed E-state index contributed by atoms with van der Waals surface area (Å²) in [6.07, 6.45) is 1.68. The predicted octanol–water partition coefficient (Wildman–Crippen LogP) is 3.18. The number of rotatable bonds is 6. The lowest BCUT2D eigenvalue weighted by Crippen LogP contribution is -2.29. The Morgan fingerprint density at radius 2 is 2.29 bits per heavy atom. The highest BCUT2D eigenvalue weighted by molar-refractivity contribution is 9.10. The molecule has 1 rings (SSSR count). The molecular formula is C12H13BrClNO2. The number of carboxylic acid groups (broad SMARTS) is 1. The molecule has 1 aromatic carbocycles. The molecule has 0 aromatic heterocycles. The van der Waals surface area contributed by atoms with Crippen LogP contribution < -0.4 is 0 Å². The average molecular weight is 319 g/mol. The molecule has 0 unspecified atom stereocenters. The van der Waals surface area contributed by atoms with E-state index in [2.05, 4.69) is 22.5 Å². The molecule has 0 aliphatic heterocycles. The lowest BCUT2D eigenvalue weighted by molar-refractivity contribution is -0.138. The van der Waals surface area contributed by atoms with Crippen LogP contribution in [0.4, 0.5) is 0 Å². The number of aliphatic carboxylic acids is 1. The summed E-state index contributed by atoms with van der Waals surface area (Å²) < 4.78 is 0.830. The fourth-order valence-electron chi connectivity index (χ4n) is 1.46. The molecule has 0 saturated carbocycles. The average Bonchev–Trinajstić information content (AvgIpc) is 2.23. The highest BCUT2D eigenvalue weighted by Crippen LogP contribution is 2.23. The van der Waals surface area contributed by atoms with Gasteiger partial charge < -0.3 is 5.11 Å². The Hall–Kier alpha value is -0.840. The minimum atomic E-state index is -0.852. The summed E-state index contributed by atoms with van der Waals surface area (Å²) in [7, 11) is 0. The van der Waals surface area contributed by atoms with Crippen molar-refractivity contribution in [1.82, 2.24) is 4.90 Å². The highest BCUT2D eigenvalue weighted by Gasteiger charge is 2.09. The Bertz CT molecular complexity index is 423. The SMILES string of the molecule is C=CCN(CC(=O)O)Cc1ccc(Br)c(Cl)c1. The lowest BCUT2D eigenvalue weighted by Gasteiger charge is -2.18. The smallest absolute Gasteiger partial charge is 0.317 e. The summed E-state index contributed by atoms with van der Waals surface area (Å²) in [4.78, 5) is 12.5. The van der Waals surface area contributed by atoms with E-state index in [1.54, 1.807) is 11.0 Å². The van der Waals surface area contributed by atoms with Gasteiger partial charge in [-0.1, -0.05) is 23.7 Å². The molecule has 1 aromatic rings. The number of halogens is 2. The quantitative estimate of drug-likeness (QED) is 0.819. The van der Waals surface area contributed by atoms with Crippen LogP contribution in [0.5, 0.6) is 0 Å². The summed E-state index contributed by atoms with van der Waals surface area (Å²) in [5.74, 6) is -0.852. The maximum Gasteiger partial charge on any atom is 0.317 e. The monoisotopic (exact) mass is 317 g/mol. The van der Waals surface area contributed by atoms with Gasteiger partial charge in [0.2, 0.25) is 0 Å². The second kappa shape index (κ2) is 6.79. The van der Waals surface area contributed by atoms with Crippen LogP contribution in [0.1, 0.15) is 5.56 Å². The van der Waals surface area contributed by atoms with Gasteiger partial charge in [-0.3, -0.25) is 9.69 Å². The van der Waals surface area contributed by atoms with Crippen molar-refractivity contribution < 1.29 is 9.90 Å². The van der Waals surface area contributed by atoms with Crippen LogP contribution in [0.25, 0.3) is 0 Å². The van der Waals surface area contributed by atoms with E-state index >= 15 is 0 Å². The minimum absolute atomic E-state index is 0.0142. The molecule has 17 heavy (non-hydrogen) atoms. The second-order valence-corrected chi connectivity index (χ2v) is 4.86. The summed E-state index contributed by atoms with van der Waals surface area (Å²) in [6, 6.07) is 5.59. The van der Waals surface area contributed by atoms with E-state index in [1.165, 1.54) is 0 Å². The van der Waals surface area contributed by atoms with Crippen molar-refractivity contribution in [2.75, 3.05) is 13.1 Å². The lowest BCUT2D eigenvalue weighted by atomic mass is 10.2. The van der Waals surface area contributed by atoms with E-state index in [0.29, 0.717) is 18.1 Å². The van der Waals surface area contributed by atoms with Crippen LogP contribution in [0.2, 0.25) is 5.02 Å². The summed E-state index contributed by atoms with van der Waals surface area (Å²) in [5.41, 5.74) is 0.973. The van der Waals surface area contributed by atoms with Gasteiger partial charge in [-0.2, -0.15) is 0 Å². The van der Waals surface area contributed by atoms with Gasteiger partial charge in [0.15, 0.2) is 0 Å². The topological polar surface area (TPSA) is 40.5 Å². The normalized spacial score (nSPS) is 10.5. The van der Waals surface area contributed by atoms with E-state index in [0.717, 1.165) is 10.0 Å².